The van der Waals surface area contributed by atoms with E-state index in [0.717, 1.165) is 12.8 Å². The number of halogens is 1. The van der Waals surface area contributed by atoms with Gasteiger partial charge in [0.05, 0.1) is 17.3 Å². The van der Waals surface area contributed by atoms with Crippen molar-refractivity contribution in [3.05, 3.63) is 11.2 Å². The smallest absolute Gasteiger partial charge is 0.400 e. The highest BCUT2D eigenvalue weighted by atomic mass is 35.6. The van der Waals surface area contributed by atoms with Gasteiger partial charge < -0.3 is 9.31 Å². The van der Waals surface area contributed by atoms with Crippen LogP contribution < -0.4 is 0 Å². The van der Waals surface area contributed by atoms with E-state index in [2.05, 4.69) is 19.2 Å². The molecule has 0 saturated carbocycles. The van der Waals surface area contributed by atoms with Crippen LogP contribution in [0.1, 0.15) is 47.0 Å². The molecule has 0 N–H and O–H groups in total. The van der Waals surface area contributed by atoms with Crippen molar-refractivity contribution >= 4 is 25.6 Å². The fourth-order valence-corrected chi connectivity index (χ4v) is 3.83. The Labute approximate surface area is 129 Å². The van der Waals surface area contributed by atoms with Gasteiger partial charge in [-0.25, -0.2) is 0 Å². The monoisotopic (exact) mass is 313 g/mol. The van der Waals surface area contributed by atoms with Crippen molar-refractivity contribution in [2.24, 2.45) is 0 Å². The fourth-order valence-electron chi connectivity index (χ4n) is 2.06. The first-order chi connectivity index (χ1) is 8.99. The Bertz CT molecular complexity index is 408. The molecule has 0 bridgehead atoms. The maximum atomic E-state index is 8.66. The largest absolute Gasteiger partial charge is 0.486 e. The Hall–Kier alpha value is -0.278. The summed E-state index contributed by atoms with van der Waals surface area (Å²) in [5, 5.41) is 9.86. The molecule has 1 aliphatic rings. The first-order valence-corrected chi connectivity index (χ1v) is 11.1. The summed E-state index contributed by atoms with van der Waals surface area (Å²) in [6.07, 6.45) is 2.24. The Kier molecular flexibility index (Phi) is 5.54. The first kappa shape index (κ1) is 17.8. The Morgan fingerprint density at radius 2 is 1.75 bits per heavy atom. The molecule has 0 atom stereocenters. The van der Waals surface area contributed by atoms with Gasteiger partial charge in [-0.2, -0.15) is 16.3 Å². The van der Waals surface area contributed by atoms with Crippen LogP contribution in [0.3, 0.4) is 0 Å². The maximum absolute atomic E-state index is 8.66. The molecule has 0 spiro atoms. The van der Waals surface area contributed by atoms with E-state index in [1.165, 1.54) is 5.20 Å². The number of nitrogens with zero attached hydrogens (tertiary/aromatic N) is 1. The van der Waals surface area contributed by atoms with Crippen LogP contribution in [0.4, 0.5) is 0 Å². The van der Waals surface area contributed by atoms with Crippen molar-refractivity contribution in [3.8, 4) is 6.07 Å². The summed E-state index contributed by atoms with van der Waals surface area (Å²) in [7, 11) is -2.28. The number of unbranched alkanes of at least 4 members (excludes halogenated alkanes) is 1. The molecular weight excluding hydrogens is 289 g/mol. The van der Waals surface area contributed by atoms with Gasteiger partial charge in [0.2, 0.25) is 0 Å². The van der Waals surface area contributed by atoms with Gasteiger partial charge in [-0.3, -0.25) is 0 Å². The van der Waals surface area contributed by atoms with E-state index in [-0.39, 0.29) is 18.3 Å². The third-order valence-electron chi connectivity index (χ3n) is 4.11. The molecular formula is C14H25BClNO2Si. The van der Waals surface area contributed by atoms with Crippen molar-refractivity contribution in [1.82, 2.24) is 0 Å². The highest BCUT2D eigenvalue weighted by Crippen LogP contribution is 2.38. The number of nitriles is 1. The summed E-state index contributed by atoms with van der Waals surface area (Å²) in [5.74, 6) is 2.03. The highest BCUT2D eigenvalue weighted by Gasteiger charge is 2.50. The van der Waals surface area contributed by atoms with Crippen molar-refractivity contribution in [1.29, 1.82) is 5.26 Å². The van der Waals surface area contributed by atoms with E-state index in [9.17, 15) is 0 Å². The normalized spacial score (nSPS) is 21.9. The van der Waals surface area contributed by atoms with Crippen molar-refractivity contribution in [2.75, 3.05) is 0 Å². The lowest BCUT2D eigenvalue weighted by Crippen LogP contribution is -2.41. The lowest BCUT2D eigenvalue weighted by molar-refractivity contribution is 0.00578. The molecule has 0 aliphatic carbocycles. The fraction of sp³-hybridized carbons (Fsp3) is 0.786. The summed E-state index contributed by atoms with van der Waals surface area (Å²) in [6, 6.07) is 2.18. The van der Waals surface area contributed by atoms with Crippen LogP contribution in [-0.4, -0.2) is 25.7 Å². The van der Waals surface area contributed by atoms with Gasteiger partial charge in [0.15, 0.2) is 7.38 Å². The summed E-state index contributed by atoms with van der Waals surface area (Å²) < 4.78 is 12.0. The topological polar surface area (TPSA) is 42.2 Å². The minimum absolute atomic E-state index is 0.329. The molecule has 1 rings (SSSR count). The molecule has 1 saturated heterocycles. The van der Waals surface area contributed by atoms with Gasteiger partial charge in [0.1, 0.15) is 0 Å². The van der Waals surface area contributed by atoms with Gasteiger partial charge in [0.25, 0.3) is 0 Å². The average Bonchev–Trinajstić information content (AvgIpc) is 2.44. The Morgan fingerprint density at radius 1 is 1.25 bits per heavy atom. The van der Waals surface area contributed by atoms with Gasteiger partial charge >= 0.3 is 7.12 Å². The molecule has 3 nitrogen and oxygen atoms in total. The molecule has 1 heterocycles. The Morgan fingerprint density at radius 3 is 2.15 bits per heavy atom. The van der Waals surface area contributed by atoms with Gasteiger partial charge in [-0.05, 0) is 40.5 Å². The standard InChI is InChI=1S/C14H25BClNO2Si/c1-13(2)14(3,4)19-15(18-13)11-12(20(5,6)16)9-7-8-10-17/h11H,7-9H2,1-6H3/b12-11+. The predicted octanol–water partition coefficient (Wildman–Crippen LogP) is 4.22. The van der Waals surface area contributed by atoms with E-state index in [1.807, 2.05) is 33.7 Å². The van der Waals surface area contributed by atoms with Gasteiger partial charge in [0, 0.05) is 6.42 Å². The zero-order valence-corrected chi connectivity index (χ0v) is 15.2. The number of allylic oxidation sites excluding steroid dienone is 1. The molecule has 0 aromatic carbocycles. The number of rotatable bonds is 5. The van der Waals surface area contributed by atoms with Crippen LogP contribution in [0, 0.1) is 11.3 Å². The minimum atomic E-state index is -1.93. The van der Waals surface area contributed by atoms with Gasteiger partial charge in [-0.1, -0.05) is 24.3 Å². The summed E-state index contributed by atoms with van der Waals surface area (Å²) in [5.41, 5.74) is -0.659. The quantitative estimate of drug-likeness (QED) is 0.433. The van der Waals surface area contributed by atoms with Crippen LogP contribution in [0.2, 0.25) is 13.1 Å². The molecule has 0 amide bonds. The predicted molar refractivity (Wildman–Crippen MR) is 87.0 cm³/mol. The third-order valence-corrected chi connectivity index (χ3v) is 6.78. The lowest BCUT2D eigenvalue weighted by Gasteiger charge is -2.32. The number of hydrogen-bond donors (Lipinski definition) is 0. The molecule has 6 heteroatoms. The molecule has 1 fully saturated rings. The van der Waals surface area contributed by atoms with Crippen LogP contribution >= 0.6 is 11.1 Å². The average molecular weight is 314 g/mol. The van der Waals surface area contributed by atoms with E-state index >= 15 is 0 Å². The second-order valence-electron chi connectivity index (χ2n) is 6.80. The second-order valence-corrected chi connectivity index (χ2v) is 13.2. The van der Waals surface area contributed by atoms with Crippen LogP contribution in [0.25, 0.3) is 0 Å². The molecule has 112 valence electrons. The zero-order chi connectivity index (χ0) is 15.6. The van der Waals surface area contributed by atoms with E-state index < -0.39 is 7.38 Å². The Balaban J connectivity index is 2.85. The summed E-state index contributed by atoms with van der Waals surface area (Å²) >= 11 is 6.58. The molecule has 20 heavy (non-hydrogen) atoms. The van der Waals surface area contributed by atoms with Crippen LogP contribution in [0.5, 0.6) is 0 Å². The first-order valence-electron chi connectivity index (χ1n) is 7.12. The van der Waals surface area contributed by atoms with Crippen molar-refractivity contribution in [3.63, 3.8) is 0 Å². The number of hydrogen-bond acceptors (Lipinski definition) is 3. The molecule has 0 aromatic heterocycles. The zero-order valence-electron chi connectivity index (χ0n) is 13.4. The highest BCUT2D eigenvalue weighted by molar-refractivity contribution is 7.23. The lowest BCUT2D eigenvalue weighted by atomic mass is 9.89. The van der Waals surface area contributed by atoms with E-state index in [4.69, 9.17) is 25.6 Å². The molecule has 0 radical (unpaired) electrons. The van der Waals surface area contributed by atoms with E-state index in [1.54, 1.807) is 0 Å². The summed E-state index contributed by atoms with van der Waals surface area (Å²) in [4.78, 5) is 0. The van der Waals surface area contributed by atoms with Crippen LogP contribution in [0.15, 0.2) is 11.2 Å². The van der Waals surface area contributed by atoms with Gasteiger partial charge in [-0.15, -0.1) is 0 Å². The van der Waals surface area contributed by atoms with E-state index in [0.29, 0.717) is 6.42 Å². The van der Waals surface area contributed by atoms with Crippen molar-refractivity contribution in [2.45, 2.75) is 71.3 Å². The second kappa shape index (κ2) is 6.23. The maximum Gasteiger partial charge on any atom is 0.486 e. The molecule has 1 aliphatic heterocycles. The summed E-state index contributed by atoms with van der Waals surface area (Å²) in [6.45, 7) is 12.4. The third kappa shape index (κ3) is 4.36. The van der Waals surface area contributed by atoms with Crippen molar-refractivity contribution < 1.29 is 9.31 Å². The molecule has 0 aromatic rings. The molecule has 0 unspecified atom stereocenters. The van der Waals surface area contributed by atoms with Crippen LogP contribution in [-0.2, 0) is 9.31 Å². The minimum Gasteiger partial charge on any atom is -0.400 e. The SMILES string of the molecule is CC1(C)OB(/C=C(\CCCC#N)[Si](C)(C)Cl)OC1(C)C.